The summed E-state index contributed by atoms with van der Waals surface area (Å²) in [6.07, 6.45) is 1.72. The van der Waals surface area contributed by atoms with Gasteiger partial charge in [-0.3, -0.25) is 9.69 Å². The standard InChI is InChI=1S/C27H25NO3S2/c1-4-30-24-16-20(12-15-23(24)31-19(3)21-8-6-5-7-9-21)17-25-26(29)28(27(32)33-25)22-13-10-18(2)11-14-22/h5-17,19H,4H2,1-3H3. The van der Waals surface area contributed by atoms with Gasteiger partial charge in [0.2, 0.25) is 0 Å². The Balaban J connectivity index is 1.57. The Labute approximate surface area is 204 Å². The van der Waals surface area contributed by atoms with Gasteiger partial charge in [0, 0.05) is 0 Å². The summed E-state index contributed by atoms with van der Waals surface area (Å²) in [7, 11) is 0. The van der Waals surface area contributed by atoms with Crippen LogP contribution in [-0.2, 0) is 4.79 Å². The van der Waals surface area contributed by atoms with Crippen LogP contribution in [0.3, 0.4) is 0 Å². The number of anilines is 1. The number of thiocarbonyl (C=S) groups is 1. The molecule has 0 saturated carbocycles. The molecule has 1 amide bonds. The van der Waals surface area contributed by atoms with Crippen LogP contribution in [0, 0.1) is 6.92 Å². The fraction of sp³-hybridized carbons (Fsp3) is 0.185. The van der Waals surface area contributed by atoms with Gasteiger partial charge in [-0.15, -0.1) is 0 Å². The molecule has 0 aromatic heterocycles. The predicted molar refractivity (Wildman–Crippen MR) is 140 cm³/mol. The third kappa shape index (κ3) is 5.29. The van der Waals surface area contributed by atoms with Gasteiger partial charge in [-0.25, -0.2) is 0 Å². The molecular weight excluding hydrogens is 450 g/mol. The zero-order valence-electron chi connectivity index (χ0n) is 18.8. The highest BCUT2D eigenvalue weighted by Gasteiger charge is 2.33. The van der Waals surface area contributed by atoms with Crippen molar-refractivity contribution >= 4 is 46.0 Å². The molecule has 0 radical (unpaired) electrons. The maximum atomic E-state index is 13.1. The van der Waals surface area contributed by atoms with E-state index in [0.717, 1.165) is 22.4 Å². The number of benzene rings is 3. The number of carbonyl (C=O) groups is 1. The molecule has 3 aromatic rings. The lowest BCUT2D eigenvalue weighted by Gasteiger charge is -2.18. The second kappa shape index (κ2) is 10.2. The van der Waals surface area contributed by atoms with Gasteiger partial charge in [-0.1, -0.05) is 78.1 Å². The van der Waals surface area contributed by atoms with Crippen LogP contribution in [0.1, 0.15) is 36.6 Å². The molecule has 0 aliphatic carbocycles. The molecular formula is C27H25NO3S2. The predicted octanol–water partition coefficient (Wildman–Crippen LogP) is 6.94. The van der Waals surface area contributed by atoms with Gasteiger partial charge in [0.1, 0.15) is 6.10 Å². The summed E-state index contributed by atoms with van der Waals surface area (Å²) in [5.41, 5.74) is 3.85. The van der Waals surface area contributed by atoms with Crippen LogP contribution in [0.2, 0.25) is 0 Å². The third-order valence-electron chi connectivity index (χ3n) is 5.22. The van der Waals surface area contributed by atoms with E-state index >= 15 is 0 Å². The van der Waals surface area contributed by atoms with Crippen molar-refractivity contribution in [2.75, 3.05) is 11.5 Å². The highest BCUT2D eigenvalue weighted by Crippen LogP contribution is 2.38. The second-order valence-electron chi connectivity index (χ2n) is 7.66. The summed E-state index contributed by atoms with van der Waals surface area (Å²) in [5.74, 6) is 1.19. The number of thioether (sulfide) groups is 1. The molecule has 1 heterocycles. The zero-order valence-corrected chi connectivity index (χ0v) is 20.4. The Morgan fingerprint density at radius 3 is 2.45 bits per heavy atom. The Kier molecular flexibility index (Phi) is 7.16. The van der Waals surface area contributed by atoms with Crippen LogP contribution in [0.25, 0.3) is 6.08 Å². The van der Waals surface area contributed by atoms with Crippen molar-refractivity contribution in [3.05, 3.63) is 94.4 Å². The molecule has 0 bridgehead atoms. The van der Waals surface area contributed by atoms with Gasteiger partial charge in [-0.2, -0.15) is 0 Å². The molecule has 1 aliphatic rings. The van der Waals surface area contributed by atoms with Crippen molar-refractivity contribution in [1.29, 1.82) is 0 Å². The number of rotatable bonds is 7. The summed E-state index contributed by atoms with van der Waals surface area (Å²) >= 11 is 6.79. The SMILES string of the molecule is CCOc1cc(C=C2SC(=S)N(c3ccc(C)cc3)C2=O)ccc1OC(C)c1ccccc1. The quantitative estimate of drug-likeness (QED) is 0.273. The minimum atomic E-state index is -0.123. The van der Waals surface area contributed by atoms with Crippen LogP contribution < -0.4 is 14.4 Å². The average molecular weight is 476 g/mol. The molecule has 1 fully saturated rings. The highest BCUT2D eigenvalue weighted by atomic mass is 32.2. The maximum absolute atomic E-state index is 13.1. The van der Waals surface area contributed by atoms with Crippen LogP contribution >= 0.6 is 24.0 Å². The molecule has 0 N–H and O–H groups in total. The van der Waals surface area contributed by atoms with E-state index in [1.54, 1.807) is 4.90 Å². The van der Waals surface area contributed by atoms with Crippen molar-refractivity contribution in [2.24, 2.45) is 0 Å². The number of hydrogen-bond acceptors (Lipinski definition) is 5. The number of hydrogen-bond donors (Lipinski definition) is 0. The van der Waals surface area contributed by atoms with Crippen molar-refractivity contribution in [1.82, 2.24) is 0 Å². The summed E-state index contributed by atoms with van der Waals surface area (Å²) in [5, 5.41) is 0. The fourth-order valence-corrected chi connectivity index (χ4v) is 4.80. The van der Waals surface area contributed by atoms with Crippen molar-refractivity contribution in [3.8, 4) is 11.5 Å². The fourth-order valence-electron chi connectivity index (χ4n) is 3.50. The van der Waals surface area contributed by atoms with Gasteiger partial charge in [0.25, 0.3) is 5.91 Å². The first-order valence-electron chi connectivity index (χ1n) is 10.8. The molecule has 1 atom stereocenters. The van der Waals surface area contributed by atoms with E-state index in [-0.39, 0.29) is 12.0 Å². The van der Waals surface area contributed by atoms with Gasteiger partial charge >= 0.3 is 0 Å². The van der Waals surface area contributed by atoms with E-state index in [2.05, 4.69) is 0 Å². The Morgan fingerprint density at radius 2 is 1.76 bits per heavy atom. The monoisotopic (exact) mass is 475 g/mol. The van der Waals surface area contributed by atoms with Gasteiger partial charge in [0.15, 0.2) is 15.8 Å². The number of aryl methyl sites for hydroxylation is 1. The lowest BCUT2D eigenvalue weighted by Crippen LogP contribution is -2.27. The molecule has 6 heteroatoms. The summed E-state index contributed by atoms with van der Waals surface area (Å²) in [4.78, 5) is 15.2. The van der Waals surface area contributed by atoms with Gasteiger partial charge < -0.3 is 9.47 Å². The number of nitrogens with zero attached hydrogens (tertiary/aromatic N) is 1. The van der Waals surface area contributed by atoms with E-state index < -0.39 is 0 Å². The smallest absolute Gasteiger partial charge is 0.270 e. The lowest BCUT2D eigenvalue weighted by molar-refractivity contribution is -0.113. The minimum Gasteiger partial charge on any atom is -0.490 e. The van der Waals surface area contributed by atoms with E-state index in [1.165, 1.54) is 11.8 Å². The molecule has 4 nitrogen and oxygen atoms in total. The Hall–Kier alpha value is -3.09. The van der Waals surface area contributed by atoms with E-state index in [4.69, 9.17) is 21.7 Å². The van der Waals surface area contributed by atoms with E-state index in [9.17, 15) is 4.79 Å². The van der Waals surface area contributed by atoms with Crippen molar-refractivity contribution < 1.29 is 14.3 Å². The minimum absolute atomic E-state index is 0.121. The summed E-state index contributed by atoms with van der Waals surface area (Å²) in [6, 6.07) is 23.5. The van der Waals surface area contributed by atoms with E-state index in [0.29, 0.717) is 27.3 Å². The lowest BCUT2D eigenvalue weighted by atomic mass is 10.1. The first kappa shape index (κ1) is 23.1. The van der Waals surface area contributed by atoms with Crippen LogP contribution in [0.5, 0.6) is 11.5 Å². The first-order chi connectivity index (χ1) is 16.0. The Bertz CT molecular complexity index is 1190. The molecule has 4 rings (SSSR count). The maximum Gasteiger partial charge on any atom is 0.270 e. The molecule has 0 spiro atoms. The topological polar surface area (TPSA) is 38.8 Å². The Morgan fingerprint density at radius 1 is 1.03 bits per heavy atom. The largest absolute Gasteiger partial charge is 0.490 e. The first-order valence-corrected chi connectivity index (χ1v) is 12.0. The molecule has 3 aromatic carbocycles. The number of carbonyl (C=O) groups excluding carboxylic acids is 1. The normalized spacial score (nSPS) is 15.7. The zero-order chi connectivity index (χ0) is 23.4. The van der Waals surface area contributed by atoms with Crippen LogP contribution in [0.4, 0.5) is 5.69 Å². The number of ether oxygens (including phenoxy) is 2. The molecule has 33 heavy (non-hydrogen) atoms. The van der Waals surface area contributed by atoms with Gasteiger partial charge in [-0.05, 0) is 62.2 Å². The highest BCUT2D eigenvalue weighted by molar-refractivity contribution is 8.27. The molecule has 1 saturated heterocycles. The van der Waals surface area contributed by atoms with Crippen molar-refractivity contribution in [3.63, 3.8) is 0 Å². The second-order valence-corrected chi connectivity index (χ2v) is 9.34. The number of amides is 1. The summed E-state index contributed by atoms with van der Waals surface area (Å²) < 4.78 is 12.6. The van der Waals surface area contributed by atoms with Crippen LogP contribution in [-0.4, -0.2) is 16.8 Å². The average Bonchev–Trinajstić information content (AvgIpc) is 3.09. The van der Waals surface area contributed by atoms with E-state index in [1.807, 2.05) is 99.6 Å². The third-order valence-corrected chi connectivity index (χ3v) is 6.53. The van der Waals surface area contributed by atoms with Gasteiger partial charge in [0.05, 0.1) is 17.2 Å². The van der Waals surface area contributed by atoms with Crippen LogP contribution in [0.15, 0.2) is 77.7 Å². The molecule has 1 aliphatic heterocycles. The summed E-state index contributed by atoms with van der Waals surface area (Å²) in [6.45, 7) is 6.46. The van der Waals surface area contributed by atoms with Crippen molar-refractivity contribution in [2.45, 2.75) is 26.9 Å². The molecule has 168 valence electrons. The molecule has 1 unspecified atom stereocenters.